The Bertz CT molecular complexity index is 599. The van der Waals surface area contributed by atoms with Crippen LogP contribution < -0.4 is 0 Å². The average molecular weight is 285 g/mol. The second-order valence-electron chi connectivity index (χ2n) is 5.17. The molecule has 1 heterocycles. The molecule has 0 aliphatic heterocycles. The van der Waals surface area contributed by atoms with E-state index in [1.807, 2.05) is 25.6 Å². The summed E-state index contributed by atoms with van der Waals surface area (Å²) in [6.07, 6.45) is -3.39. The monoisotopic (exact) mass is 285 g/mol. The van der Waals surface area contributed by atoms with Gasteiger partial charge in [0.1, 0.15) is 5.82 Å². The number of imidazole rings is 1. The Morgan fingerprint density at radius 1 is 1.25 bits per heavy atom. The standard InChI is InChI=1S/C14H18F3N3/c1-10-18-12-9-11(14(15,16)17)5-6-13(12)20(10)8-4-7-19(2)3/h5-6,9H,4,7-8H2,1-3H3. The third-order valence-electron chi connectivity index (χ3n) is 3.25. The molecule has 3 nitrogen and oxygen atoms in total. The summed E-state index contributed by atoms with van der Waals surface area (Å²) in [6.45, 7) is 3.51. The van der Waals surface area contributed by atoms with Crippen molar-refractivity contribution in [3.05, 3.63) is 29.6 Å². The van der Waals surface area contributed by atoms with Gasteiger partial charge < -0.3 is 9.47 Å². The minimum absolute atomic E-state index is 0.405. The van der Waals surface area contributed by atoms with Gasteiger partial charge in [0, 0.05) is 6.54 Å². The Morgan fingerprint density at radius 3 is 2.55 bits per heavy atom. The van der Waals surface area contributed by atoms with Crippen molar-refractivity contribution in [2.75, 3.05) is 20.6 Å². The van der Waals surface area contributed by atoms with Crippen LogP contribution >= 0.6 is 0 Å². The highest BCUT2D eigenvalue weighted by Gasteiger charge is 2.30. The van der Waals surface area contributed by atoms with Gasteiger partial charge in [0.25, 0.3) is 0 Å². The molecule has 0 atom stereocenters. The van der Waals surface area contributed by atoms with Crippen LogP contribution in [0.5, 0.6) is 0 Å². The highest BCUT2D eigenvalue weighted by atomic mass is 19.4. The quantitative estimate of drug-likeness (QED) is 0.859. The fourth-order valence-electron chi connectivity index (χ4n) is 2.25. The summed E-state index contributed by atoms with van der Waals surface area (Å²) in [5.74, 6) is 0.748. The summed E-state index contributed by atoms with van der Waals surface area (Å²) in [7, 11) is 3.99. The molecule has 1 aromatic heterocycles. The Balaban J connectivity index is 2.30. The van der Waals surface area contributed by atoms with Crippen molar-refractivity contribution in [3.63, 3.8) is 0 Å². The molecule has 0 saturated carbocycles. The molecule has 2 rings (SSSR count). The van der Waals surface area contributed by atoms with E-state index in [0.717, 1.165) is 43.0 Å². The van der Waals surface area contributed by atoms with Gasteiger partial charge in [-0.25, -0.2) is 4.98 Å². The second kappa shape index (κ2) is 5.44. The average Bonchev–Trinajstić information content (AvgIpc) is 2.63. The zero-order valence-corrected chi connectivity index (χ0v) is 11.8. The number of hydrogen-bond acceptors (Lipinski definition) is 2. The minimum Gasteiger partial charge on any atom is -0.328 e. The van der Waals surface area contributed by atoms with Crippen LogP contribution in [0.4, 0.5) is 13.2 Å². The maximum Gasteiger partial charge on any atom is 0.416 e. The van der Waals surface area contributed by atoms with Crippen molar-refractivity contribution in [1.29, 1.82) is 0 Å². The van der Waals surface area contributed by atoms with Gasteiger partial charge in [0.2, 0.25) is 0 Å². The molecule has 0 aliphatic rings. The van der Waals surface area contributed by atoms with E-state index in [2.05, 4.69) is 9.88 Å². The fraction of sp³-hybridized carbons (Fsp3) is 0.500. The number of nitrogens with zero attached hydrogens (tertiary/aromatic N) is 3. The van der Waals surface area contributed by atoms with Gasteiger partial charge in [-0.3, -0.25) is 0 Å². The summed E-state index contributed by atoms with van der Waals surface area (Å²) >= 11 is 0. The van der Waals surface area contributed by atoms with Gasteiger partial charge in [-0.1, -0.05) is 0 Å². The van der Waals surface area contributed by atoms with E-state index >= 15 is 0 Å². The lowest BCUT2D eigenvalue weighted by molar-refractivity contribution is -0.137. The summed E-state index contributed by atoms with van der Waals surface area (Å²) < 4.78 is 40.0. The van der Waals surface area contributed by atoms with Crippen LogP contribution in [-0.4, -0.2) is 35.1 Å². The highest BCUT2D eigenvalue weighted by Crippen LogP contribution is 2.31. The summed E-state index contributed by atoms with van der Waals surface area (Å²) in [5.41, 5.74) is 0.513. The van der Waals surface area contributed by atoms with Crippen LogP contribution in [0.1, 0.15) is 17.8 Å². The van der Waals surface area contributed by atoms with Crippen molar-refractivity contribution in [2.24, 2.45) is 0 Å². The molecular formula is C14H18F3N3. The Hall–Kier alpha value is -1.56. The molecule has 0 spiro atoms. The van der Waals surface area contributed by atoms with E-state index < -0.39 is 11.7 Å². The summed E-state index contributed by atoms with van der Waals surface area (Å²) in [4.78, 5) is 6.31. The van der Waals surface area contributed by atoms with Crippen LogP contribution in [0.25, 0.3) is 11.0 Å². The van der Waals surface area contributed by atoms with Crippen molar-refractivity contribution in [3.8, 4) is 0 Å². The van der Waals surface area contributed by atoms with E-state index in [4.69, 9.17) is 0 Å². The van der Waals surface area contributed by atoms with Crippen LogP contribution in [0, 0.1) is 6.92 Å². The number of fused-ring (bicyclic) bond motifs is 1. The second-order valence-corrected chi connectivity index (χ2v) is 5.17. The number of alkyl halides is 3. The molecule has 0 bridgehead atoms. The van der Waals surface area contributed by atoms with Crippen LogP contribution in [-0.2, 0) is 12.7 Å². The van der Waals surface area contributed by atoms with E-state index in [0.29, 0.717) is 5.52 Å². The third-order valence-corrected chi connectivity index (χ3v) is 3.25. The Labute approximate surface area is 116 Å². The van der Waals surface area contributed by atoms with Gasteiger partial charge in [0.15, 0.2) is 0 Å². The number of aryl methyl sites for hydroxylation is 2. The van der Waals surface area contributed by atoms with Crippen LogP contribution in [0.2, 0.25) is 0 Å². The molecule has 0 unspecified atom stereocenters. The normalized spacial score (nSPS) is 12.6. The number of aromatic nitrogens is 2. The molecule has 0 N–H and O–H groups in total. The number of benzene rings is 1. The minimum atomic E-state index is -4.32. The first-order valence-electron chi connectivity index (χ1n) is 6.48. The van der Waals surface area contributed by atoms with E-state index in [1.54, 1.807) is 0 Å². The molecule has 20 heavy (non-hydrogen) atoms. The lowest BCUT2D eigenvalue weighted by atomic mass is 10.2. The SMILES string of the molecule is Cc1nc2cc(C(F)(F)F)ccc2n1CCCN(C)C. The van der Waals surface area contributed by atoms with E-state index in [9.17, 15) is 13.2 Å². The zero-order valence-electron chi connectivity index (χ0n) is 11.8. The first-order valence-corrected chi connectivity index (χ1v) is 6.48. The van der Waals surface area contributed by atoms with Crippen molar-refractivity contribution in [2.45, 2.75) is 26.1 Å². The highest BCUT2D eigenvalue weighted by molar-refractivity contribution is 5.77. The number of halogens is 3. The van der Waals surface area contributed by atoms with Gasteiger partial charge in [-0.2, -0.15) is 13.2 Å². The van der Waals surface area contributed by atoms with Crippen molar-refractivity contribution >= 4 is 11.0 Å². The lowest BCUT2D eigenvalue weighted by Gasteiger charge is -2.11. The molecule has 1 aromatic carbocycles. The third kappa shape index (κ3) is 3.12. The molecule has 2 aromatic rings. The van der Waals surface area contributed by atoms with E-state index in [-0.39, 0.29) is 0 Å². The van der Waals surface area contributed by atoms with Crippen LogP contribution in [0.15, 0.2) is 18.2 Å². The molecule has 6 heteroatoms. The van der Waals surface area contributed by atoms with Crippen LogP contribution in [0.3, 0.4) is 0 Å². The molecular weight excluding hydrogens is 267 g/mol. The first kappa shape index (κ1) is 14.8. The molecule has 0 amide bonds. The maximum absolute atomic E-state index is 12.7. The Kier molecular flexibility index (Phi) is 4.04. The predicted octanol–water partition coefficient (Wildman–Crippen LogP) is 3.32. The fourth-order valence-corrected chi connectivity index (χ4v) is 2.25. The largest absolute Gasteiger partial charge is 0.416 e. The smallest absolute Gasteiger partial charge is 0.328 e. The molecule has 110 valence electrons. The number of rotatable bonds is 4. The predicted molar refractivity (Wildman–Crippen MR) is 72.6 cm³/mol. The zero-order chi connectivity index (χ0) is 14.9. The Morgan fingerprint density at radius 2 is 1.95 bits per heavy atom. The van der Waals surface area contributed by atoms with Gasteiger partial charge in [-0.15, -0.1) is 0 Å². The number of hydrogen-bond donors (Lipinski definition) is 0. The summed E-state index contributed by atoms with van der Waals surface area (Å²) in [6, 6.07) is 3.74. The molecule has 0 radical (unpaired) electrons. The lowest BCUT2D eigenvalue weighted by Crippen LogP contribution is -2.15. The molecule has 0 fully saturated rings. The van der Waals surface area contributed by atoms with Gasteiger partial charge in [-0.05, 0) is 52.2 Å². The molecule has 0 saturated heterocycles. The van der Waals surface area contributed by atoms with Gasteiger partial charge >= 0.3 is 6.18 Å². The maximum atomic E-state index is 12.7. The first-order chi connectivity index (χ1) is 9.29. The topological polar surface area (TPSA) is 21.1 Å². The molecule has 0 aliphatic carbocycles. The van der Waals surface area contributed by atoms with Crippen molar-refractivity contribution in [1.82, 2.24) is 14.5 Å². The van der Waals surface area contributed by atoms with E-state index in [1.165, 1.54) is 6.07 Å². The van der Waals surface area contributed by atoms with Crippen molar-refractivity contribution < 1.29 is 13.2 Å². The summed E-state index contributed by atoms with van der Waals surface area (Å²) in [5, 5.41) is 0. The van der Waals surface area contributed by atoms with Gasteiger partial charge in [0.05, 0.1) is 16.6 Å².